The van der Waals surface area contributed by atoms with Crippen LogP contribution in [0.25, 0.3) is 0 Å². The van der Waals surface area contributed by atoms with Gasteiger partial charge in [0.2, 0.25) is 0 Å². The lowest BCUT2D eigenvalue weighted by atomic mass is 9.72. The number of carbonyl (C=O) groups excluding carboxylic acids is 2. The van der Waals surface area contributed by atoms with Crippen molar-refractivity contribution in [1.82, 2.24) is 4.90 Å². The number of nitrogens with two attached hydrogens (primary N) is 1. The third kappa shape index (κ3) is 5.74. The molecule has 1 aliphatic rings. The van der Waals surface area contributed by atoms with Crippen LogP contribution in [0.2, 0.25) is 0 Å². The van der Waals surface area contributed by atoms with Crippen molar-refractivity contribution in [3.05, 3.63) is 59.2 Å². The van der Waals surface area contributed by atoms with Crippen molar-refractivity contribution in [3.8, 4) is 23.3 Å². The van der Waals surface area contributed by atoms with Gasteiger partial charge in [-0.05, 0) is 48.9 Å². The lowest BCUT2D eigenvalue weighted by molar-refractivity contribution is -0.143. The number of aliphatic hydroxyl groups is 1. The lowest BCUT2D eigenvalue weighted by Gasteiger charge is -2.33. The third-order valence-corrected chi connectivity index (χ3v) is 6.52. The van der Waals surface area contributed by atoms with Crippen molar-refractivity contribution >= 4 is 11.8 Å². The fourth-order valence-corrected chi connectivity index (χ4v) is 4.25. The molecular formula is C26H27F3N2O5. The van der Waals surface area contributed by atoms with E-state index in [-0.39, 0.29) is 25.6 Å². The molecule has 7 nitrogen and oxygen atoms in total. The molecule has 0 saturated carbocycles. The van der Waals surface area contributed by atoms with Crippen LogP contribution in [0.5, 0.6) is 11.5 Å². The summed E-state index contributed by atoms with van der Waals surface area (Å²) >= 11 is 0. The summed E-state index contributed by atoms with van der Waals surface area (Å²) in [4.78, 5) is 25.0. The molecule has 3 rings (SSSR count). The molecule has 36 heavy (non-hydrogen) atoms. The second-order valence-corrected chi connectivity index (χ2v) is 8.86. The Labute approximate surface area is 207 Å². The topological polar surface area (TPSA) is 102 Å². The SMILES string of the molecule is COc1ccc([C@@H]2CN(C(=O)C(N)=O)C[C@@]2(C)[C@@H](C)O)cc1OCC#Cc1ccc(C(F)(F)F)cc1. The highest BCUT2D eigenvalue weighted by molar-refractivity contribution is 6.34. The van der Waals surface area contributed by atoms with Crippen LogP contribution in [-0.2, 0) is 15.8 Å². The molecule has 1 heterocycles. The fraction of sp³-hybridized carbons (Fsp3) is 0.385. The predicted octanol–water partition coefficient (Wildman–Crippen LogP) is 2.94. The Hall–Kier alpha value is -3.71. The molecule has 192 valence electrons. The number of hydrogen-bond donors (Lipinski definition) is 2. The van der Waals surface area contributed by atoms with Crippen LogP contribution >= 0.6 is 0 Å². The van der Waals surface area contributed by atoms with Gasteiger partial charge in [0.05, 0.1) is 18.8 Å². The van der Waals surface area contributed by atoms with Crippen molar-refractivity contribution in [1.29, 1.82) is 0 Å². The molecule has 0 bridgehead atoms. The number of rotatable bonds is 5. The van der Waals surface area contributed by atoms with Crippen molar-refractivity contribution < 1.29 is 37.3 Å². The van der Waals surface area contributed by atoms with Gasteiger partial charge in [0.25, 0.3) is 0 Å². The molecule has 3 atom stereocenters. The average Bonchev–Trinajstić information content (AvgIpc) is 3.19. The first-order valence-corrected chi connectivity index (χ1v) is 11.1. The van der Waals surface area contributed by atoms with Crippen molar-refractivity contribution in [3.63, 3.8) is 0 Å². The number of benzene rings is 2. The molecule has 3 N–H and O–H groups in total. The molecular weight excluding hydrogens is 477 g/mol. The Kier molecular flexibility index (Phi) is 7.84. The van der Waals surface area contributed by atoms with Crippen molar-refractivity contribution in [2.24, 2.45) is 11.1 Å². The third-order valence-electron chi connectivity index (χ3n) is 6.52. The zero-order valence-corrected chi connectivity index (χ0v) is 20.1. The van der Waals surface area contributed by atoms with Gasteiger partial charge in [-0.2, -0.15) is 13.2 Å². The number of aliphatic hydroxyl groups excluding tert-OH is 1. The largest absolute Gasteiger partial charge is 0.493 e. The summed E-state index contributed by atoms with van der Waals surface area (Å²) in [6, 6.07) is 9.70. The number of hydrogen-bond acceptors (Lipinski definition) is 5. The molecule has 2 aromatic carbocycles. The number of ether oxygens (including phenoxy) is 2. The molecule has 0 unspecified atom stereocenters. The lowest BCUT2D eigenvalue weighted by Crippen LogP contribution is -2.41. The number of halogens is 3. The van der Waals surface area contributed by atoms with Gasteiger partial charge in [0, 0.05) is 30.0 Å². The number of amides is 2. The molecule has 2 aromatic rings. The molecule has 10 heteroatoms. The molecule has 0 aromatic heterocycles. The summed E-state index contributed by atoms with van der Waals surface area (Å²) in [7, 11) is 1.47. The number of likely N-dealkylation sites (tertiary alicyclic amines) is 1. The van der Waals surface area contributed by atoms with Gasteiger partial charge < -0.3 is 25.2 Å². The number of methoxy groups -OCH3 is 1. The smallest absolute Gasteiger partial charge is 0.416 e. The van der Waals surface area contributed by atoms with Gasteiger partial charge in [-0.3, -0.25) is 9.59 Å². The Morgan fingerprint density at radius 1 is 1.22 bits per heavy atom. The fourth-order valence-electron chi connectivity index (χ4n) is 4.25. The Bertz CT molecular complexity index is 1180. The van der Waals surface area contributed by atoms with Crippen LogP contribution in [-0.4, -0.2) is 54.7 Å². The predicted molar refractivity (Wildman–Crippen MR) is 125 cm³/mol. The first-order chi connectivity index (χ1) is 16.9. The van der Waals surface area contributed by atoms with Gasteiger partial charge >= 0.3 is 18.0 Å². The van der Waals surface area contributed by atoms with Crippen molar-refractivity contribution in [2.75, 3.05) is 26.8 Å². The number of alkyl halides is 3. The maximum absolute atomic E-state index is 12.7. The molecule has 0 aliphatic carbocycles. The summed E-state index contributed by atoms with van der Waals surface area (Å²) in [5, 5.41) is 10.5. The quantitative estimate of drug-likeness (QED) is 0.482. The minimum absolute atomic E-state index is 0.0640. The van der Waals surface area contributed by atoms with E-state index in [9.17, 15) is 27.9 Å². The van der Waals surface area contributed by atoms with E-state index in [2.05, 4.69) is 11.8 Å². The average molecular weight is 505 g/mol. The zero-order chi connectivity index (χ0) is 26.7. The summed E-state index contributed by atoms with van der Waals surface area (Å²) in [6.45, 7) is 3.73. The van der Waals surface area contributed by atoms with Gasteiger partial charge in [-0.1, -0.05) is 24.8 Å². The Morgan fingerprint density at radius 3 is 2.44 bits per heavy atom. The van der Waals surface area contributed by atoms with E-state index < -0.39 is 35.1 Å². The molecule has 1 saturated heterocycles. The summed E-state index contributed by atoms with van der Waals surface area (Å²) in [6.07, 6.45) is -5.21. The second kappa shape index (κ2) is 10.5. The van der Waals surface area contributed by atoms with E-state index >= 15 is 0 Å². The van der Waals surface area contributed by atoms with Gasteiger partial charge in [0.1, 0.15) is 6.61 Å². The van der Waals surface area contributed by atoms with E-state index in [1.54, 1.807) is 25.1 Å². The second-order valence-electron chi connectivity index (χ2n) is 8.86. The van der Waals surface area contributed by atoms with Gasteiger partial charge in [0.15, 0.2) is 11.5 Å². The van der Waals surface area contributed by atoms with E-state index in [4.69, 9.17) is 15.2 Å². The normalized spacial score (nSPS) is 20.3. The van der Waals surface area contributed by atoms with Gasteiger partial charge in [-0.25, -0.2) is 0 Å². The summed E-state index contributed by atoms with van der Waals surface area (Å²) in [5.74, 6) is 4.11. The molecule has 2 amide bonds. The number of primary amides is 1. The van der Waals surface area contributed by atoms with E-state index in [0.29, 0.717) is 17.1 Å². The highest BCUT2D eigenvalue weighted by Crippen LogP contribution is 2.46. The van der Waals surface area contributed by atoms with Crippen LogP contribution in [0.1, 0.15) is 36.5 Å². The number of nitrogens with zero attached hydrogens (tertiary/aromatic N) is 1. The maximum atomic E-state index is 12.7. The van der Waals surface area contributed by atoms with Crippen LogP contribution in [0.4, 0.5) is 13.2 Å². The minimum Gasteiger partial charge on any atom is -0.493 e. The minimum atomic E-state index is -4.41. The van der Waals surface area contributed by atoms with E-state index in [1.165, 1.54) is 24.1 Å². The first-order valence-electron chi connectivity index (χ1n) is 11.1. The van der Waals surface area contributed by atoms with E-state index in [0.717, 1.165) is 17.7 Å². The highest BCUT2D eigenvalue weighted by atomic mass is 19.4. The Morgan fingerprint density at radius 2 is 1.89 bits per heavy atom. The van der Waals surface area contributed by atoms with Crippen LogP contribution in [0.15, 0.2) is 42.5 Å². The highest BCUT2D eigenvalue weighted by Gasteiger charge is 2.49. The van der Waals surface area contributed by atoms with E-state index in [1.807, 2.05) is 6.92 Å². The van der Waals surface area contributed by atoms with Crippen LogP contribution in [0.3, 0.4) is 0 Å². The molecule has 0 spiro atoms. The monoisotopic (exact) mass is 504 g/mol. The number of carbonyl (C=O) groups is 2. The maximum Gasteiger partial charge on any atom is 0.416 e. The standard InChI is InChI=1S/C26H27F3N2O5/c1-16(32)25(2)15-31(24(34)23(30)33)14-20(25)18-8-11-21(35-3)22(13-18)36-12-4-5-17-6-9-19(10-7-17)26(27,28)29/h6-11,13,16,20,32H,12,14-15H2,1-3H3,(H2,30,33)/t16-,20+,25+/m1/s1. The molecule has 0 radical (unpaired) electrons. The van der Waals surface area contributed by atoms with Gasteiger partial charge in [-0.15, -0.1) is 0 Å². The zero-order valence-electron chi connectivity index (χ0n) is 20.1. The summed E-state index contributed by atoms with van der Waals surface area (Å²) in [5.41, 5.74) is 4.83. The van der Waals surface area contributed by atoms with Crippen LogP contribution in [0, 0.1) is 17.3 Å². The first kappa shape index (κ1) is 26.9. The molecule has 1 fully saturated rings. The molecule has 1 aliphatic heterocycles. The van der Waals surface area contributed by atoms with Crippen molar-refractivity contribution in [2.45, 2.75) is 32.0 Å². The Balaban J connectivity index is 1.80. The van der Waals surface area contributed by atoms with Crippen LogP contribution < -0.4 is 15.2 Å². The summed E-state index contributed by atoms with van der Waals surface area (Å²) < 4.78 is 49.2.